The van der Waals surface area contributed by atoms with Gasteiger partial charge in [0.25, 0.3) is 0 Å². The van der Waals surface area contributed by atoms with Crippen LogP contribution >= 0.6 is 0 Å². The molecule has 6 nitrogen and oxygen atoms in total. The molecule has 6 heteroatoms. The number of nitrogens with one attached hydrogen (secondary N) is 1. The van der Waals surface area contributed by atoms with Crippen molar-refractivity contribution in [1.29, 1.82) is 0 Å². The Kier molecular flexibility index (Phi) is 4.82. The second-order valence-electron chi connectivity index (χ2n) is 6.72. The van der Waals surface area contributed by atoms with Gasteiger partial charge in [0.05, 0.1) is 13.7 Å². The lowest BCUT2D eigenvalue weighted by atomic mass is 9.83. The normalized spacial score (nSPS) is 29.3. The summed E-state index contributed by atoms with van der Waals surface area (Å²) in [5.41, 5.74) is 7.32. The summed E-state index contributed by atoms with van der Waals surface area (Å²) in [5.74, 6) is 0.518. The second kappa shape index (κ2) is 6.84. The van der Waals surface area contributed by atoms with Crippen molar-refractivity contribution in [3.05, 3.63) is 23.9 Å². The van der Waals surface area contributed by atoms with E-state index in [1.807, 2.05) is 6.07 Å². The van der Waals surface area contributed by atoms with Gasteiger partial charge in [-0.3, -0.25) is 4.79 Å². The minimum atomic E-state index is -0.0486. The molecule has 1 spiro atoms. The summed E-state index contributed by atoms with van der Waals surface area (Å²) in [5, 5.41) is 3.06. The molecule has 0 saturated heterocycles. The van der Waals surface area contributed by atoms with Crippen LogP contribution in [-0.4, -0.2) is 36.7 Å². The number of ether oxygens (including phenoxy) is 2. The molecule has 2 aliphatic rings. The highest BCUT2D eigenvalue weighted by Gasteiger charge is 2.52. The second-order valence-corrected chi connectivity index (χ2v) is 6.72. The fraction of sp³-hybridized carbons (Fsp3) is 0.647. The smallest absolute Gasteiger partial charge is 0.246 e. The van der Waals surface area contributed by atoms with Crippen LogP contribution in [0.4, 0.5) is 0 Å². The summed E-state index contributed by atoms with van der Waals surface area (Å²) in [6.45, 7) is 0.445. The van der Waals surface area contributed by atoms with Gasteiger partial charge in [-0.25, -0.2) is 4.98 Å². The minimum Gasteiger partial charge on any atom is -0.481 e. The lowest BCUT2D eigenvalue weighted by molar-refractivity contribution is -0.127. The molecular formula is C17H25N3O3. The SMILES string of the molecule is COc1ccc(COCC(=O)NC2CCC3(CC2)CC3N)cn1. The molecule has 23 heavy (non-hydrogen) atoms. The Morgan fingerprint density at radius 3 is 2.74 bits per heavy atom. The van der Waals surface area contributed by atoms with Gasteiger partial charge in [0, 0.05) is 24.3 Å². The van der Waals surface area contributed by atoms with E-state index < -0.39 is 0 Å². The highest BCUT2D eigenvalue weighted by Crippen LogP contribution is 2.54. The van der Waals surface area contributed by atoms with E-state index in [0.29, 0.717) is 23.9 Å². The van der Waals surface area contributed by atoms with Crippen molar-refractivity contribution in [2.45, 2.75) is 50.8 Å². The molecule has 0 bridgehead atoms. The number of nitrogens with two attached hydrogens (primary N) is 1. The van der Waals surface area contributed by atoms with Crippen LogP contribution in [0, 0.1) is 5.41 Å². The van der Waals surface area contributed by atoms with Crippen LogP contribution < -0.4 is 15.8 Å². The van der Waals surface area contributed by atoms with Gasteiger partial charge >= 0.3 is 0 Å². The van der Waals surface area contributed by atoms with Gasteiger partial charge < -0.3 is 20.5 Å². The van der Waals surface area contributed by atoms with E-state index in [9.17, 15) is 4.79 Å². The zero-order valence-electron chi connectivity index (χ0n) is 13.6. The van der Waals surface area contributed by atoms with Crippen LogP contribution in [0.5, 0.6) is 5.88 Å². The third kappa shape index (κ3) is 4.00. The first kappa shape index (κ1) is 16.2. The predicted molar refractivity (Wildman–Crippen MR) is 85.9 cm³/mol. The number of pyridine rings is 1. The van der Waals surface area contributed by atoms with Crippen molar-refractivity contribution >= 4 is 5.91 Å². The number of carbonyl (C=O) groups excluding carboxylic acids is 1. The molecule has 126 valence electrons. The van der Waals surface area contributed by atoms with Crippen molar-refractivity contribution < 1.29 is 14.3 Å². The summed E-state index contributed by atoms with van der Waals surface area (Å²) in [7, 11) is 1.58. The van der Waals surface area contributed by atoms with Crippen LogP contribution in [0.3, 0.4) is 0 Å². The Morgan fingerprint density at radius 2 is 2.17 bits per heavy atom. The molecule has 2 aliphatic carbocycles. The van der Waals surface area contributed by atoms with E-state index in [4.69, 9.17) is 15.2 Å². The van der Waals surface area contributed by atoms with Crippen molar-refractivity contribution in [2.75, 3.05) is 13.7 Å². The predicted octanol–water partition coefficient (Wildman–Crippen LogP) is 1.38. The van der Waals surface area contributed by atoms with Crippen molar-refractivity contribution in [2.24, 2.45) is 11.1 Å². The first-order chi connectivity index (χ1) is 11.1. The molecular weight excluding hydrogens is 294 g/mol. The van der Waals surface area contributed by atoms with E-state index >= 15 is 0 Å². The summed E-state index contributed by atoms with van der Waals surface area (Å²) in [4.78, 5) is 16.0. The Balaban J connectivity index is 1.33. The molecule has 1 atom stereocenters. The maximum atomic E-state index is 11.9. The monoisotopic (exact) mass is 319 g/mol. The summed E-state index contributed by atoms with van der Waals surface area (Å²) in [6, 6.07) is 4.32. The maximum Gasteiger partial charge on any atom is 0.246 e. The Hall–Kier alpha value is -1.66. The first-order valence-corrected chi connectivity index (χ1v) is 8.23. The molecule has 2 fully saturated rings. The zero-order valence-corrected chi connectivity index (χ0v) is 13.6. The van der Waals surface area contributed by atoms with E-state index in [1.54, 1.807) is 19.4 Å². The Morgan fingerprint density at radius 1 is 1.43 bits per heavy atom. The number of hydrogen-bond donors (Lipinski definition) is 2. The van der Waals surface area contributed by atoms with Gasteiger partial charge in [0.1, 0.15) is 6.61 Å². The van der Waals surface area contributed by atoms with Gasteiger partial charge in [0.15, 0.2) is 0 Å². The summed E-state index contributed by atoms with van der Waals surface area (Å²) >= 11 is 0. The number of methoxy groups -OCH3 is 1. The minimum absolute atomic E-state index is 0.0486. The fourth-order valence-electron chi connectivity index (χ4n) is 3.44. The largest absolute Gasteiger partial charge is 0.481 e. The Labute approximate surface area is 136 Å². The fourth-order valence-corrected chi connectivity index (χ4v) is 3.44. The third-order valence-electron chi connectivity index (χ3n) is 5.11. The Bertz CT molecular complexity index is 539. The third-order valence-corrected chi connectivity index (χ3v) is 5.11. The van der Waals surface area contributed by atoms with Gasteiger partial charge in [-0.1, -0.05) is 0 Å². The van der Waals surface area contributed by atoms with Crippen LogP contribution in [0.25, 0.3) is 0 Å². The highest BCUT2D eigenvalue weighted by molar-refractivity contribution is 5.77. The molecule has 1 aromatic rings. The number of rotatable bonds is 6. The summed E-state index contributed by atoms with van der Waals surface area (Å²) in [6.07, 6.45) is 7.18. The molecule has 0 aliphatic heterocycles. The summed E-state index contributed by atoms with van der Waals surface area (Å²) < 4.78 is 10.5. The molecule has 1 amide bonds. The van der Waals surface area contributed by atoms with Crippen LogP contribution in [0.1, 0.15) is 37.7 Å². The van der Waals surface area contributed by atoms with Crippen LogP contribution in [-0.2, 0) is 16.1 Å². The molecule has 1 aromatic heterocycles. The van der Waals surface area contributed by atoms with E-state index in [0.717, 1.165) is 37.7 Å². The van der Waals surface area contributed by atoms with E-state index in [2.05, 4.69) is 10.3 Å². The topological polar surface area (TPSA) is 86.5 Å². The lowest BCUT2D eigenvalue weighted by Crippen LogP contribution is -2.40. The van der Waals surface area contributed by atoms with Gasteiger partial charge in [0.2, 0.25) is 11.8 Å². The quantitative estimate of drug-likeness (QED) is 0.827. The average molecular weight is 319 g/mol. The van der Waals surface area contributed by atoms with Crippen molar-refractivity contribution in [1.82, 2.24) is 10.3 Å². The van der Waals surface area contributed by atoms with Crippen LogP contribution in [0.2, 0.25) is 0 Å². The number of carbonyl (C=O) groups is 1. The molecule has 0 radical (unpaired) electrons. The number of aromatic nitrogens is 1. The van der Waals surface area contributed by atoms with Crippen LogP contribution in [0.15, 0.2) is 18.3 Å². The standard InChI is InChI=1S/C17H25N3O3/c1-22-16-3-2-12(9-19-16)10-23-11-15(21)20-13-4-6-17(7-5-13)8-14(17)18/h2-3,9,13-14H,4-8,10-11,18H2,1H3,(H,20,21). The maximum absolute atomic E-state index is 11.9. The molecule has 3 rings (SSSR count). The first-order valence-electron chi connectivity index (χ1n) is 8.23. The molecule has 0 aromatic carbocycles. The molecule has 2 saturated carbocycles. The van der Waals surface area contributed by atoms with Crippen molar-refractivity contribution in [3.63, 3.8) is 0 Å². The molecule has 3 N–H and O–H groups in total. The number of amides is 1. The molecule has 1 heterocycles. The number of nitrogens with zero attached hydrogens (tertiary/aromatic N) is 1. The van der Waals surface area contributed by atoms with E-state index in [1.165, 1.54) is 0 Å². The van der Waals surface area contributed by atoms with Gasteiger partial charge in [-0.15, -0.1) is 0 Å². The lowest BCUT2D eigenvalue weighted by Gasteiger charge is -2.29. The van der Waals surface area contributed by atoms with Crippen molar-refractivity contribution in [3.8, 4) is 5.88 Å². The van der Waals surface area contributed by atoms with E-state index in [-0.39, 0.29) is 18.6 Å². The highest BCUT2D eigenvalue weighted by atomic mass is 16.5. The number of hydrogen-bond acceptors (Lipinski definition) is 5. The van der Waals surface area contributed by atoms with Gasteiger partial charge in [-0.05, 0) is 49.1 Å². The van der Waals surface area contributed by atoms with Gasteiger partial charge in [-0.2, -0.15) is 0 Å². The zero-order chi connectivity index (χ0) is 16.3. The average Bonchev–Trinajstić information content (AvgIpc) is 3.19. The molecule has 1 unspecified atom stereocenters.